The van der Waals surface area contributed by atoms with Crippen molar-refractivity contribution in [3.63, 3.8) is 0 Å². The molecule has 1 heterocycles. The molecule has 0 aliphatic heterocycles. The number of carbonyl (C=O) groups is 1. The first-order valence-corrected chi connectivity index (χ1v) is 5.74. The lowest BCUT2D eigenvalue weighted by Crippen LogP contribution is -2.45. The summed E-state index contributed by atoms with van der Waals surface area (Å²) in [5, 5.41) is 15.3. The Morgan fingerprint density at radius 2 is 2.44 bits per heavy atom. The number of aromatic amines is 1. The molecule has 1 amide bonds. The highest BCUT2D eigenvalue weighted by Crippen LogP contribution is 2.26. The Morgan fingerprint density at radius 1 is 1.62 bits per heavy atom. The Morgan fingerprint density at radius 3 is 2.94 bits per heavy atom. The first-order valence-electron chi connectivity index (χ1n) is 5.74. The number of hydrogen-bond donors (Lipinski definition) is 2. The normalized spacial score (nSPS) is 15.8. The molecule has 0 unspecified atom stereocenters. The summed E-state index contributed by atoms with van der Waals surface area (Å²) in [6.07, 6.45) is 5.56. The van der Waals surface area contributed by atoms with Gasteiger partial charge in [0.1, 0.15) is 5.69 Å². The van der Waals surface area contributed by atoms with Crippen LogP contribution in [0.25, 0.3) is 0 Å². The van der Waals surface area contributed by atoms with Gasteiger partial charge in [0.25, 0.3) is 5.91 Å². The van der Waals surface area contributed by atoms with Crippen LogP contribution >= 0.6 is 0 Å². The standard InChI is InChI=1S/C11H17N3O2/c15-8-2-7-14(9-3-1-4-9)11(16)10-5-6-12-13-10/h5-6,9,15H,1-4,7-8H2,(H,12,13). The van der Waals surface area contributed by atoms with Gasteiger partial charge in [-0.3, -0.25) is 9.89 Å². The first-order chi connectivity index (χ1) is 7.83. The second-order valence-corrected chi connectivity index (χ2v) is 4.13. The Hall–Kier alpha value is -1.36. The van der Waals surface area contributed by atoms with Gasteiger partial charge in [-0.25, -0.2) is 0 Å². The average Bonchev–Trinajstić information content (AvgIpc) is 2.73. The number of amides is 1. The summed E-state index contributed by atoms with van der Waals surface area (Å²) in [5.74, 6) is -0.00403. The zero-order valence-corrected chi connectivity index (χ0v) is 9.22. The predicted octanol–water partition coefficient (Wildman–Crippen LogP) is 0.787. The van der Waals surface area contributed by atoms with Crippen LogP contribution in [0.4, 0.5) is 0 Å². The molecule has 0 radical (unpaired) electrons. The minimum absolute atomic E-state index is 0.00403. The molecule has 1 aromatic heterocycles. The zero-order chi connectivity index (χ0) is 11.4. The molecule has 2 N–H and O–H groups in total. The van der Waals surface area contributed by atoms with Crippen LogP contribution in [-0.4, -0.2) is 45.3 Å². The third-order valence-corrected chi connectivity index (χ3v) is 3.06. The number of nitrogens with one attached hydrogen (secondary N) is 1. The van der Waals surface area contributed by atoms with Gasteiger partial charge in [0.15, 0.2) is 0 Å². The zero-order valence-electron chi connectivity index (χ0n) is 9.22. The van der Waals surface area contributed by atoms with Gasteiger partial charge in [-0.1, -0.05) is 0 Å². The number of rotatable bonds is 5. The lowest BCUT2D eigenvalue weighted by atomic mass is 9.91. The number of carbonyl (C=O) groups excluding carboxylic acids is 1. The van der Waals surface area contributed by atoms with E-state index in [9.17, 15) is 4.79 Å². The van der Waals surface area contributed by atoms with Crippen LogP contribution < -0.4 is 0 Å². The largest absolute Gasteiger partial charge is 0.396 e. The third-order valence-electron chi connectivity index (χ3n) is 3.06. The number of aliphatic hydroxyl groups is 1. The first kappa shape index (κ1) is 11.1. The summed E-state index contributed by atoms with van der Waals surface area (Å²) in [7, 11) is 0. The maximum atomic E-state index is 12.1. The molecule has 5 nitrogen and oxygen atoms in total. The fourth-order valence-electron chi connectivity index (χ4n) is 1.92. The topological polar surface area (TPSA) is 69.2 Å². The van der Waals surface area contributed by atoms with Gasteiger partial charge in [0.05, 0.1) is 0 Å². The molecule has 0 spiro atoms. The fourth-order valence-corrected chi connectivity index (χ4v) is 1.92. The van der Waals surface area contributed by atoms with Crippen LogP contribution in [0, 0.1) is 0 Å². The van der Waals surface area contributed by atoms with Crippen molar-refractivity contribution in [2.75, 3.05) is 13.2 Å². The molecule has 16 heavy (non-hydrogen) atoms. The second kappa shape index (κ2) is 5.12. The Balaban J connectivity index is 2.02. The lowest BCUT2D eigenvalue weighted by molar-refractivity contribution is 0.0556. The second-order valence-electron chi connectivity index (χ2n) is 4.13. The molecule has 0 aromatic carbocycles. The molecular formula is C11H17N3O2. The van der Waals surface area contributed by atoms with E-state index in [1.165, 1.54) is 6.42 Å². The quantitative estimate of drug-likeness (QED) is 0.775. The van der Waals surface area contributed by atoms with E-state index >= 15 is 0 Å². The summed E-state index contributed by atoms with van der Waals surface area (Å²) in [6.45, 7) is 0.749. The van der Waals surface area contributed by atoms with Crippen LogP contribution in [-0.2, 0) is 0 Å². The smallest absolute Gasteiger partial charge is 0.272 e. The van der Waals surface area contributed by atoms with Crippen molar-refractivity contribution >= 4 is 5.91 Å². The van der Waals surface area contributed by atoms with E-state index in [2.05, 4.69) is 10.2 Å². The molecule has 0 saturated heterocycles. The Kier molecular flexibility index (Phi) is 3.56. The average molecular weight is 223 g/mol. The third kappa shape index (κ3) is 2.24. The van der Waals surface area contributed by atoms with Gasteiger partial charge in [-0.05, 0) is 31.7 Å². The van der Waals surface area contributed by atoms with Crippen molar-refractivity contribution in [1.82, 2.24) is 15.1 Å². The van der Waals surface area contributed by atoms with Crippen LogP contribution in [0.5, 0.6) is 0 Å². The van der Waals surface area contributed by atoms with Gasteiger partial charge < -0.3 is 10.0 Å². The number of H-pyrrole nitrogens is 1. The molecule has 1 aliphatic carbocycles. The van der Waals surface area contributed by atoms with Crippen molar-refractivity contribution in [1.29, 1.82) is 0 Å². The van der Waals surface area contributed by atoms with Crippen molar-refractivity contribution in [3.05, 3.63) is 18.0 Å². The van der Waals surface area contributed by atoms with Crippen LogP contribution in [0.2, 0.25) is 0 Å². The number of hydrogen-bond acceptors (Lipinski definition) is 3. The van der Waals surface area contributed by atoms with Crippen molar-refractivity contribution < 1.29 is 9.90 Å². The van der Waals surface area contributed by atoms with Gasteiger partial charge in [-0.15, -0.1) is 0 Å². The van der Waals surface area contributed by atoms with E-state index in [0.717, 1.165) is 12.8 Å². The van der Waals surface area contributed by atoms with Crippen LogP contribution in [0.3, 0.4) is 0 Å². The molecule has 1 aromatic rings. The lowest BCUT2D eigenvalue weighted by Gasteiger charge is -2.37. The Labute approximate surface area is 94.5 Å². The monoisotopic (exact) mass is 223 g/mol. The van der Waals surface area contributed by atoms with Crippen LogP contribution in [0.1, 0.15) is 36.2 Å². The predicted molar refractivity (Wildman–Crippen MR) is 59.0 cm³/mol. The maximum Gasteiger partial charge on any atom is 0.272 e. The highest BCUT2D eigenvalue weighted by atomic mass is 16.3. The van der Waals surface area contributed by atoms with E-state index in [0.29, 0.717) is 24.7 Å². The molecule has 1 aliphatic rings. The van der Waals surface area contributed by atoms with Crippen LogP contribution in [0.15, 0.2) is 12.3 Å². The van der Waals surface area contributed by atoms with Crippen molar-refractivity contribution in [2.45, 2.75) is 31.7 Å². The number of aliphatic hydroxyl groups excluding tert-OH is 1. The van der Waals surface area contributed by atoms with E-state index in [1.54, 1.807) is 12.3 Å². The summed E-state index contributed by atoms with van der Waals surface area (Å²) < 4.78 is 0. The van der Waals surface area contributed by atoms with E-state index in [-0.39, 0.29) is 12.5 Å². The van der Waals surface area contributed by atoms with Crippen molar-refractivity contribution in [3.8, 4) is 0 Å². The van der Waals surface area contributed by atoms with E-state index < -0.39 is 0 Å². The SMILES string of the molecule is O=C(c1ccn[nH]1)N(CCCO)C1CCC1. The number of aromatic nitrogens is 2. The highest BCUT2D eigenvalue weighted by molar-refractivity contribution is 5.92. The van der Waals surface area contributed by atoms with Gasteiger partial charge >= 0.3 is 0 Å². The summed E-state index contributed by atoms with van der Waals surface area (Å²) in [5.41, 5.74) is 0.532. The molecule has 5 heteroatoms. The highest BCUT2D eigenvalue weighted by Gasteiger charge is 2.29. The molecule has 2 rings (SSSR count). The maximum absolute atomic E-state index is 12.1. The van der Waals surface area contributed by atoms with E-state index in [4.69, 9.17) is 5.11 Å². The van der Waals surface area contributed by atoms with Gasteiger partial charge in [-0.2, -0.15) is 5.10 Å². The van der Waals surface area contributed by atoms with E-state index in [1.807, 2.05) is 4.90 Å². The van der Waals surface area contributed by atoms with Gasteiger partial charge in [0.2, 0.25) is 0 Å². The summed E-state index contributed by atoms with van der Waals surface area (Å²) in [4.78, 5) is 14.0. The van der Waals surface area contributed by atoms with Gasteiger partial charge in [0, 0.05) is 25.4 Å². The van der Waals surface area contributed by atoms with Crippen molar-refractivity contribution in [2.24, 2.45) is 0 Å². The minimum Gasteiger partial charge on any atom is -0.396 e. The molecule has 1 fully saturated rings. The summed E-state index contributed by atoms with van der Waals surface area (Å²) >= 11 is 0. The molecule has 88 valence electrons. The Bertz CT molecular complexity index is 333. The molecule has 0 bridgehead atoms. The number of nitrogens with zero attached hydrogens (tertiary/aromatic N) is 2. The minimum atomic E-state index is -0.00403. The molecular weight excluding hydrogens is 206 g/mol. The summed E-state index contributed by atoms with van der Waals surface area (Å²) in [6, 6.07) is 2.04. The molecule has 1 saturated carbocycles. The fraction of sp³-hybridized carbons (Fsp3) is 0.636. The molecule has 0 atom stereocenters.